The Morgan fingerprint density at radius 1 is 0.800 bits per heavy atom. The number of hydrogen-bond donors (Lipinski definition) is 1. The van der Waals surface area contributed by atoms with E-state index in [0.717, 1.165) is 27.8 Å². The van der Waals surface area contributed by atoms with Crippen LogP contribution in [0.4, 0.5) is 0 Å². The van der Waals surface area contributed by atoms with Crippen molar-refractivity contribution in [3.63, 3.8) is 0 Å². The van der Waals surface area contributed by atoms with Crippen molar-refractivity contribution in [3.05, 3.63) is 92.6 Å². The number of aromatic amines is 1. The molecule has 0 atom stereocenters. The fraction of sp³-hybridized carbons (Fsp3) is 0.0909. The second-order valence-corrected chi connectivity index (χ2v) is 6.72. The number of aromatic nitrogens is 1. The van der Waals surface area contributed by atoms with Crippen LogP contribution in [0.15, 0.2) is 59.4 Å². The van der Waals surface area contributed by atoms with Crippen molar-refractivity contribution in [1.29, 1.82) is 0 Å². The average Bonchev–Trinajstić information content (AvgIpc) is 2.62. The van der Waals surface area contributed by atoms with Gasteiger partial charge >= 0.3 is 0 Å². The maximum atomic E-state index is 13.0. The summed E-state index contributed by atoms with van der Waals surface area (Å²) >= 11 is 0. The summed E-state index contributed by atoms with van der Waals surface area (Å²) in [6.07, 6.45) is 0.679. The van der Waals surface area contributed by atoms with Crippen LogP contribution in [0.1, 0.15) is 32.6 Å². The first-order valence-electron chi connectivity index (χ1n) is 8.34. The molecule has 0 spiro atoms. The molecule has 0 fully saturated rings. The first kappa shape index (κ1) is 14.2. The maximum absolute atomic E-state index is 13.0. The molecule has 5 rings (SSSR count). The Labute approximate surface area is 143 Å². The molecule has 3 heteroatoms. The van der Waals surface area contributed by atoms with E-state index in [9.17, 15) is 9.59 Å². The van der Waals surface area contributed by atoms with Gasteiger partial charge in [-0.2, -0.15) is 0 Å². The fourth-order valence-electron chi connectivity index (χ4n) is 3.78. The summed E-state index contributed by atoms with van der Waals surface area (Å²) < 4.78 is 0. The molecule has 1 aromatic heterocycles. The Hall–Kier alpha value is -3.20. The number of hydrogen-bond acceptors (Lipinski definition) is 2. The van der Waals surface area contributed by atoms with E-state index in [2.05, 4.69) is 4.98 Å². The van der Waals surface area contributed by atoms with Crippen molar-refractivity contribution < 1.29 is 4.79 Å². The molecule has 0 unspecified atom stereocenters. The summed E-state index contributed by atoms with van der Waals surface area (Å²) in [5.74, 6) is 0.0378. The summed E-state index contributed by atoms with van der Waals surface area (Å²) in [7, 11) is 0. The van der Waals surface area contributed by atoms with Crippen LogP contribution in [0.25, 0.3) is 21.8 Å². The topological polar surface area (TPSA) is 49.9 Å². The van der Waals surface area contributed by atoms with Gasteiger partial charge in [0.05, 0.1) is 5.52 Å². The van der Waals surface area contributed by atoms with E-state index in [0.29, 0.717) is 28.3 Å². The van der Waals surface area contributed by atoms with E-state index in [1.54, 1.807) is 0 Å². The lowest BCUT2D eigenvalue weighted by molar-refractivity contribution is 0.103. The van der Waals surface area contributed by atoms with Crippen molar-refractivity contribution in [2.24, 2.45) is 0 Å². The van der Waals surface area contributed by atoms with Crippen LogP contribution in [-0.2, 0) is 6.42 Å². The summed E-state index contributed by atoms with van der Waals surface area (Å²) in [6.45, 7) is 1.99. The molecule has 0 bridgehead atoms. The third-order valence-electron chi connectivity index (χ3n) is 5.06. The first-order valence-corrected chi connectivity index (χ1v) is 8.34. The maximum Gasteiger partial charge on any atom is 0.197 e. The second-order valence-electron chi connectivity index (χ2n) is 6.72. The largest absolute Gasteiger partial charge is 0.354 e. The predicted molar refractivity (Wildman–Crippen MR) is 99.5 cm³/mol. The van der Waals surface area contributed by atoms with Crippen molar-refractivity contribution in [3.8, 4) is 0 Å². The summed E-state index contributed by atoms with van der Waals surface area (Å²) in [5, 5.41) is 1.31. The zero-order valence-electron chi connectivity index (χ0n) is 13.7. The Bertz CT molecular complexity index is 1260. The van der Waals surface area contributed by atoms with Crippen molar-refractivity contribution >= 4 is 27.6 Å². The minimum Gasteiger partial charge on any atom is -0.354 e. The molecule has 3 aromatic carbocycles. The van der Waals surface area contributed by atoms with Crippen LogP contribution in [0.5, 0.6) is 0 Å². The highest BCUT2D eigenvalue weighted by atomic mass is 16.1. The van der Waals surface area contributed by atoms with Gasteiger partial charge in [0.1, 0.15) is 0 Å². The molecule has 1 heterocycles. The van der Waals surface area contributed by atoms with E-state index in [4.69, 9.17) is 0 Å². The lowest BCUT2D eigenvalue weighted by Crippen LogP contribution is -2.16. The zero-order chi connectivity index (χ0) is 17.1. The van der Waals surface area contributed by atoms with Crippen LogP contribution in [0, 0.1) is 6.92 Å². The quantitative estimate of drug-likeness (QED) is 0.435. The standard InChI is InChI=1S/C22H15NO2/c1-12-6-7-13-9-14-10-18-20(11-17(14)22(25)16(13)8-12)23-19-5-3-2-4-15(19)21(18)24/h2-8,10-11H,9H2,1H3,(H,23,24). The van der Waals surface area contributed by atoms with Gasteiger partial charge in [0.2, 0.25) is 0 Å². The summed E-state index contributed by atoms with van der Waals surface area (Å²) in [6, 6.07) is 17.2. The SMILES string of the molecule is Cc1ccc2c(c1)C(=O)c1cc3[nH]c4ccccc4c(=O)c3cc1C2. The molecule has 0 saturated heterocycles. The fourth-order valence-corrected chi connectivity index (χ4v) is 3.78. The lowest BCUT2D eigenvalue weighted by atomic mass is 9.83. The molecule has 0 radical (unpaired) electrons. The van der Waals surface area contributed by atoms with Crippen LogP contribution >= 0.6 is 0 Å². The van der Waals surface area contributed by atoms with E-state index in [-0.39, 0.29) is 11.2 Å². The number of benzene rings is 3. The number of rotatable bonds is 0. The normalized spacial score (nSPS) is 13.1. The number of pyridine rings is 1. The summed E-state index contributed by atoms with van der Waals surface area (Å²) in [4.78, 5) is 29.1. The molecule has 0 saturated carbocycles. The minimum absolute atomic E-state index is 0.00861. The van der Waals surface area contributed by atoms with Gasteiger partial charge in [-0.05, 0) is 54.8 Å². The van der Waals surface area contributed by atoms with Gasteiger partial charge < -0.3 is 4.98 Å². The third-order valence-corrected chi connectivity index (χ3v) is 5.06. The molecule has 1 aliphatic carbocycles. The molecule has 3 nitrogen and oxygen atoms in total. The van der Waals surface area contributed by atoms with Gasteiger partial charge in [-0.25, -0.2) is 0 Å². The summed E-state index contributed by atoms with van der Waals surface area (Å²) in [5.41, 5.74) is 6.01. The molecule has 1 N–H and O–H groups in total. The molecule has 120 valence electrons. The molecule has 4 aromatic rings. The second kappa shape index (κ2) is 4.90. The lowest BCUT2D eigenvalue weighted by Gasteiger charge is -2.19. The number of fused-ring (bicyclic) bond motifs is 4. The van der Waals surface area contributed by atoms with E-state index in [1.165, 1.54) is 0 Å². The van der Waals surface area contributed by atoms with Gasteiger partial charge in [0.15, 0.2) is 11.2 Å². The van der Waals surface area contributed by atoms with Gasteiger partial charge in [-0.1, -0.05) is 29.8 Å². The zero-order valence-corrected chi connectivity index (χ0v) is 13.7. The number of carbonyl (C=O) groups is 1. The molecule has 0 amide bonds. The Balaban J connectivity index is 1.83. The number of aryl methyl sites for hydroxylation is 1. The highest BCUT2D eigenvalue weighted by Gasteiger charge is 2.24. The van der Waals surface area contributed by atoms with Gasteiger partial charge in [0, 0.05) is 27.4 Å². The van der Waals surface area contributed by atoms with Crippen LogP contribution in [0.3, 0.4) is 0 Å². The van der Waals surface area contributed by atoms with E-state index in [1.807, 2.05) is 61.5 Å². The van der Waals surface area contributed by atoms with Crippen LogP contribution < -0.4 is 5.43 Å². The monoisotopic (exact) mass is 325 g/mol. The molecule has 25 heavy (non-hydrogen) atoms. The highest BCUT2D eigenvalue weighted by Crippen LogP contribution is 2.30. The smallest absolute Gasteiger partial charge is 0.197 e. The van der Waals surface area contributed by atoms with E-state index >= 15 is 0 Å². The van der Waals surface area contributed by atoms with Gasteiger partial charge in [-0.3, -0.25) is 9.59 Å². The Morgan fingerprint density at radius 2 is 1.60 bits per heavy atom. The third kappa shape index (κ3) is 1.99. The number of H-pyrrole nitrogens is 1. The number of nitrogens with one attached hydrogen (secondary N) is 1. The Morgan fingerprint density at radius 3 is 2.48 bits per heavy atom. The minimum atomic E-state index is 0.00861. The molecular weight excluding hydrogens is 310 g/mol. The first-order chi connectivity index (χ1) is 12.1. The average molecular weight is 325 g/mol. The van der Waals surface area contributed by atoms with Crippen molar-refractivity contribution in [2.45, 2.75) is 13.3 Å². The highest BCUT2D eigenvalue weighted by molar-refractivity contribution is 6.14. The predicted octanol–water partition coefficient (Wildman–Crippen LogP) is 4.12. The molecular formula is C22H15NO2. The van der Waals surface area contributed by atoms with Gasteiger partial charge in [-0.15, -0.1) is 0 Å². The van der Waals surface area contributed by atoms with E-state index < -0.39 is 0 Å². The number of para-hydroxylation sites is 1. The van der Waals surface area contributed by atoms with Crippen LogP contribution in [0.2, 0.25) is 0 Å². The Kier molecular flexibility index (Phi) is 2.78. The van der Waals surface area contributed by atoms with Crippen LogP contribution in [-0.4, -0.2) is 10.8 Å². The van der Waals surface area contributed by atoms with Crippen molar-refractivity contribution in [1.82, 2.24) is 4.98 Å². The molecule has 0 aliphatic heterocycles. The van der Waals surface area contributed by atoms with Crippen molar-refractivity contribution in [2.75, 3.05) is 0 Å². The number of ketones is 1. The number of carbonyl (C=O) groups excluding carboxylic acids is 1. The van der Waals surface area contributed by atoms with Gasteiger partial charge in [0.25, 0.3) is 0 Å². The molecule has 1 aliphatic rings.